The smallest absolute Gasteiger partial charge is 0.0317 e. The molecule has 2 unspecified atom stereocenters. The molecule has 0 aliphatic rings. The highest BCUT2D eigenvalue weighted by atomic mass is 15.1. The third-order valence-electron chi connectivity index (χ3n) is 4.16. The highest BCUT2D eigenvalue weighted by Crippen LogP contribution is 2.17. The Balaban J connectivity index is 1.78. The second kappa shape index (κ2) is 7.96. The first kappa shape index (κ1) is 15.7. The number of hydrogen-bond donors (Lipinski definition) is 1. The summed E-state index contributed by atoms with van der Waals surface area (Å²) in [6, 6.07) is 22.1. The van der Waals surface area contributed by atoms with Crippen LogP contribution >= 0.6 is 0 Å². The van der Waals surface area contributed by atoms with Crippen molar-refractivity contribution in [3.05, 3.63) is 71.8 Å². The molecule has 0 fully saturated rings. The van der Waals surface area contributed by atoms with Crippen LogP contribution in [0.1, 0.15) is 37.1 Å². The minimum Gasteiger partial charge on any atom is -0.309 e. The molecule has 2 heteroatoms. The Morgan fingerprint density at radius 1 is 0.857 bits per heavy atom. The Hall–Kier alpha value is -1.64. The lowest BCUT2D eigenvalue weighted by Gasteiger charge is -2.26. The molecule has 2 atom stereocenters. The minimum absolute atomic E-state index is 0.395. The maximum Gasteiger partial charge on any atom is 0.0317 e. The normalized spacial score (nSPS) is 14.1. The Morgan fingerprint density at radius 2 is 1.38 bits per heavy atom. The van der Waals surface area contributed by atoms with Crippen LogP contribution < -0.4 is 5.32 Å². The van der Waals surface area contributed by atoms with Gasteiger partial charge in [-0.15, -0.1) is 0 Å². The first-order valence-corrected chi connectivity index (χ1v) is 7.72. The van der Waals surface area contributed by atoms with Crippen LogP contribution in [0.25, 0.3) is 0 Å². The van der Waals surface area contributed by atoms with Gasteiger partial charge in [-0.3, -0.25) is 4.90 Å². The average Bonchev–Trinajstić information content (AvgIpc) is 2.55. The highest BCUT2D eigenvalue weighted by Gasteiger charge is 2.11. The number of nitrogens with one attached hydrogen (secondary N) is 1. The van der Waals surface area contributed by atoms with Gasteiger partial charge in [0, 0.05) is 25.2 Å². The first-order valence-electron chi connectivity index (χ1n) is 7.72. The molecule has 21 heavy (non-hydrogen) atoms. The first-order chi connectivity index (χ1) is 10.2. The van der Waals surface area contributed by atoms with Gasteiger partial charge in [-0.2, -0.15) is 0 Å². The second-order valence-corrected chi connectivity index (χ2v) is 5.65. The molecule has 2 aromatic rings. The van der Waals surface area contributed by atoms with Gasteiger partial charge in [-0.1, -0.05) is 60.7 Å². The van der Waals surface area contributed by atoms with Crippen LogP contribution in [0.3, 0.4) is 0 Å². The maximum atomic E-state index is 3.59. The summed E-state index contributed by atoms with van der Waals surface area (Å²) in [7, 11) is 2.19. The number of nitrogens with zero attached hydrogens (tertiary/aromatic N) is 1. The second-order valence-electron chi connectivity index (χ2n) is 5.65. The molecule has 2 rings (SSSR count). The molecule has 0 saturated carbocycles. The summed E-state index contributed by atoms with van der Waals surface area (Å²) in [6.07, 6.45) is 0. The highest BCUT2D eigenvalue weighted by molar-refractivity contribution is 5.19. The van der Waals surface area contributed by atoms with Gasteiger partial charge in [0.2, 0.25) is 0 Å². The van der Waals surface area contributed by atoms with Gasteiger partial charge >= 0.3 is 0 Å². The van der Waals surface area contributed by atoms with Gasteiger partial charge in [-0.25, -0.2) is 0 Å². The van der Waals surface area contributed by atoms with Gasteiger partial charge in [-0.05, 0) is 32.0 Å². The van der Waals surface area contributed by atoms with Crippen molar-refractivity contribution >= 4 is 0 Å². The molecule has 112 valence electrons. The lowest BCUT2D eigenvalue weighted by Crippen LogP contribution is -2.32. The van der Waals surface area contributed by atoms with Gasteiger partial charge in [0.05, 0.1) is 0 Å². The monoisotopic (exact) mass is 282 g/mol. The molecule has 0 spiro atoms. The van der Waals surface area contributed by atoms with Crippen molar-refractivity contribution in [2.24, 2.45) is 0 Å². The van der Waals surface area contributed by atoms with E-state index >= 15 is 0 Å². The fraction of sp³-hybridized carbons (Fsp3) is 0.368. The quantitative estimate of drug-likeness (QED) is 0.825. The Bertz CT molecular complexity index is 510. The van der Waals surface area contributed by atoms with Crippen LogP contribution in [-0.4, -0.2) is 25.0 Å². The van der Waals surface area contributed by atoms with Gasteiger partial charge in [0.15, 0.2) is 0 Å². The van der Waals surface area contributed by atoms with Crippen molar-refractivity contribution in [2.75, 3.05) is 20.1 Å². The lowest BCUT2D eigenvalue weighted by molar-refractivity contribution is 0.258. The van der Waals surface area contributed by atoms with E-state index in [4.69, 9.17) is 0 Å². The molecule has 0 radical (unpaired) electrons. The van der Waals surface area contributed by atoms with Crippen LogP contribution in [0, 0.1) is 0 Å². The zero-order valence-electron chi connectivity index (χ0n) is 13.3. The molecule has 0 aliphatic carbocycles. The third kappa shape index (κ3) is 4.69. The summed E-state index contributed by atoms with van der Waals surface area (Å²) < 4.78 is 0. The zero-order chi connectivity index (χ0) is 15.1. The number of likely N-dealkylation sites (N-methyl/N-ethyl adjacent to an activating group) is 1. The van der Waals surface area contributed by atoms with E-state index in [0.717, 1.165) is 13.1 Å². The molecule has 0 bridgehead atoms. The Kier molecular flexibility index (Phi) is 5.97. The third-order valence-corrected chi connectivity index (χ3v) is 4.16. The van der Waals surface area contributed by atoms with Gasteiger partial charge in [0.25, 0.3) is 0 Å². The van der Waals surface area contributed by atoms with Crippen LogP contribution in [0.2, 0.25) is 0 Å². The van der Waals surface area contributed by atoms with Gasteiger partial charge < -0.3 is 5.32 Å². The van der Waals surface area contributed by atoms with E-state index in [1.54, 1.807) is 0 Å². The van der Waals surface area contributed by atoms with Crippen LogP contribution in [0.4, 0.5) is 0 Å². The molecule has 0 aromatic heterocycles. The molecular weight excluding hydrogens is 256 g/mol. The minimum atomic E-state index is 0.395. The zero-order valence-corrected chi connectivity index (χ0v) is 13.3. The van der Waals surface area contributed by atoms with E-state index in [-0.39, 0.29) is 0 Å². The van der Waals surface area contributed by atoms with Crippen molar-refractivity contribution in [1.29, 1.82) is 0 Å². The summed E-state index contributed by atoms with van der Waals surface area (Å²) in [5, 5.41) is 3.59. The van der Waals surface area contributed by atoms with E-state index in [1.807, 2.05) is 0 Å². The number of benzene rings is 2. The van der Waals surface area contributed by atoms with Crippen molar-refractivity contribution in [2.45, 2.75) is 25.9 Å². The van der Waals surface area contributed by atoms with Crippen LogP contribution in [0.15, 0.2) is 60.7 Å². The standard InChI is InChI=1S/C19H26N2/c1-16(18-10-6-4-7-11-18)20-14-15-21(3)17(2)19-12-8-5-9-13-19/h4-13,16-17,20H,14-15H2,1-3H3. The SMILES string of the molecule is CC(NCCN(C)C(C)c1ccccc1)c1ccccc1. The Labute approximate surface area is 128 Å². The predicted octanol–water partition coefficient (Wildman–Crippen LogP) is 4.03. The van der Waals surface area contributed by atoms with E-state index < -0.39 is 0 Å². The molecule has 0 saturated heterocycles. The molecule has 0 amide bonds. The number of rotatable bonds is 7. The molecule has 0 aliphatic heterocycles. The van der Waals surface area contributed by atoms with E-state index in [1.165, 1.54) is 11.1 Å². The predicted molar refractivity (Wildman–Crippen MR) is 90.3 cm³/mol. The lowest BCUT2D eigenvalue weighted by atomic mass is 10.1. The molecule has 1 N–H and O–H groups in total. The average molecular weight is 282 g/mol. The summed E-state index contributed by atoms with van der Waals surface area (Å²) in [4.78, 5) is 2.39. The van der Waals surface area contributed by atoms with Crippen molar-refractivity contribution < 1.29 is 0 Å². The maximum absolute atomic E-state index is 3.59. The number of hydrogen-bond acceptors (Lipinski definition) is 2. The van der Waals surface area contributed by atoms with Crippen molar-refractivity contribution in [3.8, 4) is 0 Å². The van der Waals surface area contributed by atoms with Crippen LogP contribution in [0.5, 0.6) is 0 Å². The molecule has 2 nitrogen and oxygen atoms in total. The van der Waals surface area contributed by atoms with E-state index in [0.29, 0.717) is 12.1 Å². The van der Waals surface area contributed by atoms with E-state index in [9.17, 15) is 0 Å². The molecule has 2 aromatic carbocycles. The van der Waals surface area contributed by atoms with Crippen molar-refractivity contribution in [1.82, 2.24) is 10.2 Å². The Morgan fingerprint density at radius 3 is 1.95 bits per heavy atom. The van der Waals surface area contributed by atoms with Crippen molar-refractivity contribution in [3.63, 3.8) is 0 Å². The topological polar surface area (TPSA) is 15.3 Å². The summed E-state index contributed by atoms with van der Waals surface area (Å²) in [5.41, 5.74) is 2.72. The summed E-state index contributed by atoms with van der Waals surface area (Å²) >= 11 is 0. The fourth-order valence-corrected chi connectivity index (χ4v) is 2.50. The summed E-state index contributed by atoms with van der Waals surface area (Å²) in [6.45, 7) is 6.50. The fourth-order valence-electron chi connectivity index (χ4n) is 2.50. The van der Waals surface area contributed by atoms with Gasteiger partial charge in [0.1, 0.15) is 0 Å². The molecular formula is C19H26N2. The summed E-state index contributed by atoms with van der Waals surface area (Å²) in [5.74, 6) is 0. The largest absolute Gasteiger partial charge is 0.309 e. The van der Waals surface area contributed by atoms with E-state index in [2.05, 4.69) is 91.8 Å². The molecule has 0 heterocycles. The van der Waals surface area contributed by atoms with Crippen LogP contribution in [-0.2, 0) is 0 Å².